The summed E-state index contributed by atoms with van der Waals surface area (Å²) in [7, 11) is 0. The molecule has 0 bridgehead atoms. The van der Waals surface area contributed by atoms with Gasteiger partial charge in [0.05, 0.1) is 32.8 Å². The molecule has 3 aromatic rings. The minimum atomic E-state index is -0.752. The highest BCUT2D eigenvalue weighted by atomic mass is 127. The normalized spacial score (nSPS) is 14.3. The van der Waals surface area contributed by atoms with Gasteiger partial charge in [0, 0.05) is 5.56 Å². The van der Waals surface area contributed by atoms with Crippen LogP contribution in [0.15, 0.2) is 69.9 Å². The van der Waals surface area contributed by atoms with Gasteiger partial charge in [-0.05, 0) is 115 Å². The van der Waals surface area contributed by atoms with Gasteiger partial charge in [0.25, 0.3) is 0 Å². The van der Waals surface area contributed by atoms with Gasteiger partial charge in [-0.25, -0.2) is 4.79 Å². The van der Waals surface area contributed by atoms with Crippen molar-refractivity contribution in [1.82, 2.24) is 0 Å². The van der Waals surface area contributed by atoms with Crippen molar-refractivity contribution < 1.29 is 19.4 Å². The summed E-state index contributed by atoms with van der Waals surface area (Å²) in [5.41, 5.74) is 5.21. The van der Waals surface area contributed by atoms with E-state index in [9.17, 15) is 14.7 Å². The van der Waals surface area contributed by atoms with Crippen molar-refractivity contribution in [3.8, 4) is 5.75 Å². The molecular formula is C30H16Cl4I2O4. The van der Waals surface area contributed by atoms with E-state index >= 15 is 0 Å². The zero-order valence-corrected chi connectivity index (χ0v) is 27.6. The Labute approximate surface area is 277 Å². The van der Waals surface area contributed by atoms with Gasteiger partial charge in [0.1, 0.15) is 12.4 Å². The summed E-state index contributed by atoms with van der Waals surface area (Å²) >= 11 is 30.5. The molecule has 202 valence electrons. The first kappa shape index (κ1) is 29.7. The Morgan fingerprint density at radius 1 is 1.00 bits per heavy atom. The Hall–Kier alpha value is -1.82. The standard InChI is InChI=1S/C30H16Cl4I2O4/c1-2-13-3-5-14(6-4-13)12-40-30(39)25-24(26(31)28(33)29(34)27(25)32)23-17-10-19(35)21(37)8-15(17)7-16-9-22(38)20(36)11-18(16)23/h2-6,8-11,37H,1,7,12H2. The SMILES string of the molecule is C=Cc1ccc(COC(=O)c2c(Cl)c(Cl)c(Cl)c(Cl)c2C2=C3C=C(I)C(=O)C=C3Cc3cc(O)c(I)cc32)cc1. The summed E-state index contributed by atoms with van der Waals surface area (Å²) in [5.74, 6) is -0.800. The van der Waals surface area contributed by atoms with Crippen molar-refractivity contribution >= 4 is 115 Å². The van der Waals surface area contributed by atoms with E-state index in [-0.39, 0.29) is 49.4 Å². The molecule has 2 aliphatic rings. The number of phenolic OH excluding ortho intramolecular Hbond substituents is 1. The van der Waals surface area contributed by atoms with Gasteiger partial charge in [0.15, 0.2) is 5.78 Å². The van der Waals surface area contributed by atoms with Crippen LogP contribution >= 0.6 is 91.6 Å². The van der Waals surface area contributed by atoms with Gasteiger partial charge in [-0.1, -0.05) is 83.3 Å². The van der Waals surface area contributed by atoms with Crippen molar-refractivity contribution in [2.75, 3.05) is 0 Å². The summed E-state index contributed by atoms with van der Waals surface area (Å²) in [6, 6.07) is 10.8. The summed E-state index contributed by atoms with van der Waals surface area (Å²) < 4.78 is 6.77. The maximum atomic E-state index is 13.7. The number of halogens is 6. The number of esters is 1. The largest absolute Gasteiger partial charge is 0.507 e. The molecule has 0 fully saturated rings. The van der Waals surface area contributed by atoms with Crippen LogP contribution in [0.1, 0.15) is 38.2 Å². The molecule has 0 amide bonds. The van der Waals surface area contributed by atoms with Crippen LogP contribution < -0.4 is 0 Å². The van der Waals surface area contributed by atoms with E-state index in [4.69, 9.17) is 51.1 Å². The van der Waals surface area contributed by atoms with Crippen LogP contribution in [-0.4, -0.2) is 16.9 Å². The predicted molar refractivity (Wildman–Crippen MR) is 178 cm³/mol. The third kappa shape index (κ3) is 5.39. The lowest BCUT2D eigenvalue weighted by molar-refractivity contribution is -0.110. The Morgan fingerprint density at radius 3 is 2.35 bits per heavy atom. The number of benzene rings is 3. The highest BCUT2D eigenvalue weighted by molar-refractivity contribution is 14.1. The van der Waals surface area contributed by atoms with Crippen molar-refractivity contribution in [1.29, 1.82) is 0 Å². The predicted octanol–water partition coefficient (Wildman–Crippen LogP) is 9.80. The second-order valence-corrected chi connectivity index (χ2v) is 12.8. The summed E-state index contributed by atoms with van der Waals surface area (Å²) in [6.07, 6.45) is 5.40. The van der Waals surface area contributed by atoms with Crippen molar-refractivity contribution in [3.05, 3.63) is 127 Å². The van der Waals surface area contributed by atoms with Crippen LogP contribution in [-0.2, 0) is 22.6 Å². The smallest absolute Gasteiger partial charge is 0.340 e. The van der Waals surface area contributed by atoms with Gasteiger partial charge in [0.2, 0.25) is 0 Å². The van der Waals surface area contributed by atoms with E-state index in [1.807, 2.05) is 69.4 Å². The molecule has 2 aliphatic carbocycles. The van der Waals surface area contributed by atoms with E-state index < -0.39 is 5.97 Å². The zero-order valence-electron chi connectivity index (χ0n) is 20.3. The van der Waals surface area contributed by atoms with Crippen molar-refractivity contribution in [3.63, 3.8) is 0 Å². The number of hydrogen-bond acceptors (Lipinski definition) is 4. The molecule has 0 saturated heterocycles. The van der Waals surface area contributed by atoms with E-state index in [0.29, 0.717) is 35.9 Å². The monoisotopic (exact) mass is 834 g/mol. The van der Waals surface area contributed by atoms with E-state index in [0.717, 1.165) is 16.7 Å². The second kappa shape index (κ2) is 11.8. The van der Waals surface area contributed by atoms with Crippen molar-refractivity contribution in [2.24, 2.45) is 0 Å². The number of carbonyl (C=O) groups is 2. The lowest BCUT2D eigenvalue weighted by atomic mass is 9.76. The molecule has 3 aromatic carbocycles. The molecule has 0 spiro atoms. The first-order chi connectivity index (χ1) is 19.0. The fourth-order valence-corrected chi connectivity index (χ4v) is 6.57. The van der Waals surface area contributed by atoms with Crippen LogP contribution in [0.25, 0.3) is 11.6 Å². The average molecular weight is 836 g/mol. The molecule has 0 heterocycles. The summed E-state index contributed by atoms with van der Waals surface area (Å²) in [5, 5.41) is 10.3. The van der Waals surface area contributed by atoms with Gasteiger partial charge in [-0.2, -0.15) is 0 Å². The van der Waals surface area contributed by atoms with Crippen LogP contribution in [0.4, 0.5) is 0 Å². The molecule has 5 rings (SSSR count). The molecule has 0 radical (unpaired) electrons. The summed E-state index contributed by atoms with van der Waals surface area (Å²) in [6.45, 7) is 3.71. The molecular weight excluding hydrogens is 820 g/mol. The lowest BCUT2D eigenvalue weighted by Gasteiger charge is -2.29. The number of ether oxygens (including phenoxy) is 1. The Kier molecular flexibility index (Phi) is 8.76. The van der Waals surface area contributed by atoms with E-state index in [1.54, 1.807) is 30.4 Å². The van der Waals surface area contributed by atoms with Crippen molar-refractivity contribution in [2.45, 2.75) is 13.0 Å². The van der Waals surface area contributed by atoms with Crippen LogP contribution in [0.5, 0.6) is 5.75 Å². The number of rotatable bonds is 5. The van der Waals surface area contributed by atoms with E-state index in [2.05, 4.69) is 6.58 Å². The highest BCUT2D eigenvalue weighted by Crippen LogP contribution is 2.51. The molecule has 0 atom stereocenters. The van der Waals surface area contributed by atoms with Crippen LogP contribution in [0, 0.1) is 3.57 Å². The molecule has 0 aliphatic heterocycles. The number of hydrogen-bond donors (Lipinski definition) is 1. The minimum Gasteiger partial charge on any atom is -0.507 e. The number of fused-ring (bicyclic) bond motifs is 2. The average Bonchev–Trinajstić information content (AvgIpc) is 2.93. The Balaban J connectivity index is 1.75. The van der Waals surface area contributed by atoms with Crippen LogP contribution in [0.3, 0.4) is 0 Å². The maximum absolute atomic E-state index is 13.7. The maximum Gasteiger partial charge on any atom is 0.340 e. The first-order valence-electron chi connectivity index (χ1n) is 11.6. The molecule has 10 heteroatoms. The number of carbonyl (C=O) groups excluding carboxylic acids is 2. The molecule has 4 nitrogen and oxygen atoms in total. The quantitative estimate of drug-likeness (QED) is 0.120. The highest BCUT2D eigenvalue weighted by Gasteiger charge is 2.34. The lowest BCUT2D eigenvalue weighted by Crippen LogP contribution is -2.17. The third-order valence-electron chi connectivity index (χ3n) is 6.56. The van der Waals surface area contributed by atoms with Gasteiger partial charge < -0.3 is 9.84 Å². The zero-order chi connectivity index (χ0) is 28.9. The van der Waals surface area contributed by atoms with Gasteiger partial charge >= 0.3 is 5.97 Å². The van der Waals surface area contributed by atoms with Gasteiger partial charge in [-0.15, -0.1) is 0 Å². The molecule has 40 heavy (non-hydrogen) atoms. The van der Waals surface area contributed by atoms with Gasteiger partial charge in [-0.3, -0.25) is 4.79 Å². The minimum absolute atomic E-state index is 0.0106. The summed E-state index contributed by atoms with van der Waals surface area (Å²) in [4.78, 5) is 26.3. The number of phenols is 1. The molecule has 0 saturated carbocycles. The Bertz CT molecular complexity index is 1740. The molecule has 1 N–H and O–H groups in total. The fraction of sp³-hybridized carbons (Fsp3) is 0.0667. The number of ketones is 1. The Morgan fingerprint density at radius 2 is 1.68 bits per heavy atom. The third-order valence-corrected chi connectivity index (χ3v) is 10.1. The number of allylic oxidation sites excluding steroid dienone is 5. The van der Waals surface area contributed by atoms with E-state index in [1.165, 1.54) is 0 Å². The van der Waals surface area contributed by atoms with Crippen LogP contribution in [0.2, 0.25) is 20.1 Å². The molecule has 0 aromatic heterocycles. The molecule has 0 unspecified atom stereocenters. The second-order valence-electron chi connectivity index (χ2n) is 8.98. The topological polar surface area (TPSA) is 63.6 Å². The number of aromatic hydroxyl groups is 1. The fourth-order valence-electron chi connectivity index (χ4n) is 4.61. The first-order valence-corrected chi connectivity index (χ1v) is 15.3.